The number of carbonyl (C=O) groups excluding carboxylic acids is 1. The van der Waals surface area contributed by atoms with Crippen LogP contribution >= 0.6 is 11.6 Å². The lowest BCUT2D eigenvalue weighted by atomic mass is 10.0. The highest BCUT2D eigenvalue weighted by Gasteiger charge is 2.11. The van der Waals surface area contributed by atoms with Crippen LogP contribution in [-0.2, 0) is 0 Å². The highest BCUT2D eigenvalue weighted by atomic mass is 35.5. The Labute approximate surface area is 107 Å². The van der Waals surface area contributed by atoms with E-state index in [1.165, 1.54) is 0 Å². The molecule has 1 aromatic carbocycles. The second-order valence-corrected chi connectivity index (χ2v) is 4.56. The minimum absolute atomic E-state index is 0.156. The summed E-state index contributed by atoms with van der Waals surface area (Å²) in [7, 11) is 0. The van der Waals surface area contributed by atoms with E-state index in [1.807, 2.05) is 0 Å². The molecule has 0 unspecified atom stereocenters. The third-order valence-electron chi connectivity index (χ3n) is 2.97. The standard InChI is InChI=1S/C13H19ClN2O/c1-3-9(4-2)8-16-13(17)11-7-10(14)5-6-12(11)15/h5-7,9H,3-4,8,15H2,1-2H3,(H,16,17). The van der Waals surface area contributed by atoms with Crippen molar-refractivity contribution in [2.75, 3.05) is 12.3 Å². The summed E-state index contributed by atoms with van der Waals surface area (Å²) in [6.07, 6.45) is 2.11. The monoisotopic (exact) mass is 254 g/mol. The number of hydrogen-bond acceptors (Lipinski definition) is 2. The molecule has 0 atom stereocenters. The maximum atomic E-state index is 11.9. The number of benzene rings is 1. The molecule has 1 aromatic rings. The predicted octanol–water partition coefficient (Wildman–Crippen LogP) is 3.09. The molecular formula is C13H19ClN2O. The summed E-state index contributed by atoms with van der Waals surface area (Å²) in [5.41, 5.74) is 6.64. The molecule has 1 amide bonds. The van der Waals surface area contributed by atoms with Crippen molar-refractivity contribution in [3.8, 4) is 0 Å². The maximum Gasteiger partial charge on any atom is 0.253 e. The number of carbonyl (C=O) groups is 1. The van der Waals surface area contributed by atoms with Gasteiger partial charge < -0.3 is 11.1 Å². The predicted molar refractivity (Wildman–Crippen MR) is 72.3 cm³/mol. The van der Waals surface area contributed by atoms with Crippen LogP contribution in [0.2, 0.25) is 5.02 Å². The summed E-state index contributed by atoms with van der Waals surface area (Å²) in [5.74, 6) is 0.358. The first-order valence-corrected chi connectivity index (χ1v) is 6.29. The Bertz CT molecular complexity index is 389. The third kappa shape index (κ3) is 3.93. The highest BCUT2D eigenvalue weighted by Crippen LogP contribution is 2.18. The summed E-state index contributed by atoms with van der Waals surface area (Å²) in [6, 6.07) is 4.92. The summed E-state index contributed by atoms with van der Waals surface area (Å²) in [5, 5.41) is 3.41. The van der Waals surface area contributed by atoms with Crippen LogP contribution in [0, 0.1) is 5.92 Å². The van der Waals surface area contributed by atoms with E-state index in [9.17, 15) is 4.79 Å². The van der Waals surface area contributed by atoms with Gasteiger partial charge in [0.15, 0.2) is 0 Å². The normalized spacial score (nSPS) is 10.6. The minimum atomic E-state index is -0.156. The summed E-state index contributed by atoms with van der Waals surface area (Å²) in [4.78, 5) is 11.9. The Balaban J connectivity index is 2.66. The van der Waals surface area contributed by atoms with Gasteiger partial charge in [0, 0.05) is 17.3 Å². The average molecular weight is 255 g/mol. The number of hydrogen-bond donors (Lipinski definition) is 2. The molecule has 94 valence electrons. The van der Waals surface area contributed by atoms with Crippen molar-refractivity contribution in [2.24, 2.45) is 5.92 Å². The van der Waals surface area contributed by atoms with Gasteiger partial charge in [-0.05, 0) is 24.1 Å². The Morgan fingerprint density at radius 1 is 1.41 bits per heavy atom. The van der Waals surface area contributed by atoms with Crippen molar-refractivity contribution in [1.29, 1.82) is 0 Å². The van der Waals surface area contributed by atoms with E-state index in [2.05, 4.69) is 19.2 Å². The van der Waals surface area contributed by atoms with Crippen LogP contribution in [-0.4, -0.2) is 12.5 Å². The van der Waals surface area contributed by atoms with E-state index >= 15 is 0 Å². The van der Waals surface area contributed by atoms with E-state index in [-0.39, 0.29) is 5.91 Å². The topological polar surface area (TPSA) is 55.1 Å². The van der Waals surface area contributed by atoms with Crippen molar-refractivity contribution in [3.05, 3.63) is 28.8 Å². The lowest BCUT2D eigenvalue weighted by molar-refractivity contribution is 0.0947. The van der Waals surface area contributed by atoms with Gasteiger partial charge in [-0.25, -0.2) is 0 Å². The van der Waals surface area contributed by atoms with Gasteiger partial charge >= 0.3 is 0 Å². The van der Waals surface area contributed by atoms with Crippen LogP contribution in [0.15, 0.2) is 18.2 Å². The molecule has 3 N–H and O–H groups in total. The first-order chi connectivity index (χ1) is 8.08. The van der Waals surface area contributed by atoms with Crippen LogP contribution < -0.4 is 11.1 Å². The van der Waals surface area contributed by atoms with Gasteiger partial charge in [0.2, 0.25) is 0 Å². The number of amides is 1. The minimum Gasteiger partial charge on any atom is -0.398 e. The molecule has 1 rings (SSSR count). The number of halogens is 1. The number of nitrogens with one attached hydrogen (secondary N) is 1. The van der Waals surface area contributed by atoms with Crippen LogP contribution in [0.5, 0.6) is 0 Å². The molecule has 0 spiro atoms. The zero-order valence-electron chi connectivity index (χ0n) is 10.3. The summed E-state index contributed by atoms with van der Waals surface area (Å²) < 4.78 is 0. The van der Waals surface area contributed by atoms with E-state index in [4.69, 9.17) is 17.3 Å². The number of nitrogens with two attached hydrogens (primary N) is 1. The fourth-order valence-corrected chi connectivity index (χ4v) is 1.81. The van der Waals surface area contributed by atoms with E-state index in [1.54, 1.807) is 18.2 Å². The molecule has 0 saturated heterocycles. The first-order valence-electron chi connectivity index (χ1n) is 5.91. The van der Waals surface area contributed by atoms with Gasteiger partial charge in [-0.2, -0.15) is 0 Å². The molecule has 0 aliphatic carbocycles. The largest absolute Gasteiger partial charge is 0.398 e. The SMILES string of the molecule is CCC(CC)CNC(=O)c1cc(Cl)ccc1N. The molecule has 0 aliphatic heterocycles. The van der Waals surface area contributed by atoms with Crippen molar-refractivity contribution in [1.82, 2.24) is 5.32 Å². The van der Waals surface area contributed by atoms with E-state index in [0.717, 1.165) is 12.8 Å². The lowest BCUT2D eigenvalue weighted by Gasteiger charge is -2.14. The molecule has 0 saturated carbocycles. The zero-order valence-corrected chi connectivity index (χ0v) is 11.1. The van der Waals surface area contributed by atoms with Crippen LogP contribution in [0.1, 0.15) is 37.0 Å². The number of rotatable bonds is 5. The second-order valence-electron chi connectivity index (χ2n) is 4.12. The molecule has 4 heteroatoms. The molecule has 0 aliphatic rings. The quantitative estimate of drug-likeness (QED) is 0.794. The Morgan fingerprint density at radius 3 is 2.65 bits per heavy atom. The first kappa shape index (κ1) is 13.8. The molecule has 0 radical (unpaired) electrons. The van der Waals surface area contributed by atoms with Crippen LogP contribution in [0.3, 0.4) is 0 Å². The molecule has 0 aromatic heterocycles. The maximum absolute atomic E-state index is 11.9. The van der Waals surface area contributed by atoms with E-state index < -0.39 is 0 Å². The van der Waals surface area contributed by atoms with Gasteiger partial charge in [0.1, 0.15) is 0 Å². The van der Waals surface area contributed by atoms with E-state index in [0.29, 0.717) is 28.7 Å². The molecule has 17 heavy (non-hydrogen) atoms. The Kier molecular flexibility index (Phi) is 5.29. The Hall–Kier alpha value is -1.22. The van der Waals surface area contributed by atoms with Crippen LogP contribution in [0.25, 0.3) is 0 Å². The summed E-state index contributed by atoms with van der Waals surface area (Å²) >= 11 is 5.84. The second kappa shape index (κ2) is 6.50. The molecule has 0 bridgehead atoms. The van der Waals surface area contributed by atoms with Crippen molar-refractivity contribution < 1.29 is 4.79 Å². The van der Waals surface area contributed by atoms with Gasteiger partial charge in [-0.3, -0.25) is 4.79 Å². The third-order valence-corrected chi connectivity index (χ3v) is 3.20. The highest BCUT2D eigenvalue weighted by molar-refractivity contribution is 6.31. The fourth-order valence-electron chi connectivity index (χ4n) is 1.63. The average Bonchev–Trinajstić information content (AvgIpc) is 2.33. The van der Waals surface area contributed by atoms with Crippen molar-refractivity contribution in [3.63, 3.8) is 0 Å². The fraction of sp³-hybridized carbons (Fsp3) is 0.462. The Morgan fingerprint density at radius 2 is 2.06 bits per heavy atom. The summed E-state index contributed by atoms with van der Waals surface area (Å²) in [6.45, 7) is 4.92. The van der Waals surface area contributed by atoms with Crippen LogP contribution in [0.4, 0.5) is 5.69 Å². The van der Waals surface area contributed by atoms with Gasteiger partial charge in [0.25, 0.3) is 5.91 Å². The molecule has 0 heterocycles. The number of anilines is 1. The lowest BCUT2D eigenvalue weighted by Crippen LogP contribution is -2.29. The van der Waals surface area contributed by atoms with Gasteiger partial charge in [-0.15, -0.1) is 0 Å². The smallest absolute Gasteiger partial charge is 0.253 e. The molecule has 3 nitrogen and oxygen atoms in total. The van der Waals surface area contributed by atoms with Crippen molar-refractivity contribution in [2.45, 2.75) is 26.7 Å². The van der Waals surface area contributed by atoms with Gasteiger partial charge in [0.05, 0.1) is 5.56 Å². The molecule has 0 fully saturated rings. The van der Waals surface area contributed by atoms with Gasteiger partial charge in [-0.1, -0.05) is 38.3 Å². The van der Waals surface area contributed by atoms with Crippen molar-refractivity contribution >= 4 is 23.2 Å². The zero-order chi connectivity index (χ0) is 12.8. The molecular weight excluding hydrogens is 236 g/mol. The number of nitrogen functional groups attached to an aromatic ring is 1.